The number of carboxylic acid groups (broad SMARTS) is 1. The molecule has 6 heteroatoms. The number of carboxylic acids is 1. The fourth-order valence-electron chi connectivity index (χ4n) is 3.69. The van der Waals surface area contributed by atoms with Gasteiger partial charge in [0.2, 0.25) is 0 Å². The number of rotatable bonds is 3. The van der Waals surface area contributed by atoms with Gasteiger partial charge in [-0.2, -0.15) is 0 Å². The maximum atomic E-state index is 13.1. The fourth-order valence-corrected chi connectivity index (χ4v) is 3.69. The largest absolute Gasteiger partial charge is 0.479 e. The minimum Gasteiger partial charge on any atom is -0.479 e. The Labute approximate surface area is 147 Å². The van der Waals surface area contributed by atoms with Crippen LogP contribution in [0.3, 0.4) is 0 Å². The summed E-state index contributed by atoms with van der Waals surface area (Å²) in [5, 5.41) is 9.36. The molecule has 0 spiro atoms. The summed E-state index contributed by atoms with van der Waals surface area (Å²) < 4.78 is 10.8. The fraction of sp³-hybridized carbons (Fsp3) is 0.579. The molecule has 3 rings (SSSR count). The highest BCUT2D eigenvalue weighted by atomic mass is 16.6. The van der Waals surface area contributed by atoms with Gasteiger partial charge in [0, 0.05) is 6.54 Å². The van der Waals surface area contributed by atoms with Crippen molar-refractivity contribution in [2.75, 3.05) is 19.8 Å². The predicted molar refractivity (Wildman–Crippen MR) is 91.2 cm³/mol. The molecular weight excluding hydrogens is 322 g/mol. The van der Waals surface area contributed by atoms with E-state index < -0.39 is 18.2 Å². The minimum absolute atomic E-state index is 0.0464. The number of hydrogen-bond donors (Lipinski definition) is 1. The van der Waals surface area contributed by atoms with Crippen molar-refractivity contribution >= 4 is 11.9 Å². The number of benzene rings is 1. The summed E-state index contributed by atoms with van der Waals surface area (Å²) in [6, 6.07) is 8.12. The molecule has 2 heterocycles. The van der Waals surface area contributed by atoms with Crippen molar-refractivity contribution in [2.45, 2.75) is 50.9 Å². The van der Waals surface area contributed by atoms with E-state index in [0.717, 1.165) is 36.8 Å². The zero-order valence-electron chi connectivity index (χ0n) is 14.5. The minimum atomic E-state index is -1.23. The standard InChI is InChI=1S/C19H25NO5/c1-13-6-5-7-14(12-13)15-8-3-2-4-9-20(15)18(21)16-17(19(22)23)25-11-10-24-16/h5-7,12,15-17H,2-4,8-11H2,1H3,(H,22,23)/t15?,16-,17+/m1/s1. The summed E-state index contributed by atoms with van der Waals surface area (Å²) in [7, 11) is 0. The highest BCUT2D eigenvalue weighted by Gasteiger charge is 2.42. The molecule has 1 unspecified atom stereocenters. The first-order valence-electron chi connectivity index (χ1n) is 8.91. The topological polar surface area (TPSA) is 76.1 Å². The number of ether oxygens (including phenoxy) is 2. The molecule has 1 aromatic carbocycles. The first-order valence-corrected chi connectivity index (χ1v) is 8.91. The normalized spacial score (nSPS) is 27.6. The van der Waals surface area contributed by atoms with Crippen molar-refractivity contribution < 1.29 is 24.2 Å². The maximum Gasteiger partial charge on any atom is 0.336 e. The van der Waals surface area contributed by atoms with Crippen LogP contribution in [-0.4, -0.2) is 53.8 Å². The number of carbonyl (C=O) groups is 2. The Morgan fingerprint density at radius 1 is 1.12 bits per heavy atom. The number of amides is 1. The average Bonchev–Trinajstić information content (AvgIpc) is 2.87. The summed E-state index contributed by atoms with van der Waals surface area (Å²) in [5.41, 5.74) is 2.24. The quantitative estimate of drug-likeness (QED) is 0.908. The molecule has 25 heavy (non-hydrogen) atoms. The third kappa shape index (κ3) is 4.02. The molecule has 0 radical (unpaired) electrons. The Hall–Kier alpha value is -1.92. The second kappa shape index (κ2) is 7.97. The van der Waals surface area contributed by atoms with Gasteiger partial charge in [0.1, 0.15) is 0 Å². The first kappa shape index (κ1) is 17.9. The molecule has 3 atom stereocenters. The predicted octanol–water partition coefficient (Wildman–Crippen LogP) is 2.31. The van der Waals surface area contributed by atoms with E-state index in [1.54, 1.807) is 4.90 Å². The Morgan fingerprint density at radius 2 is 1.88 bits per heavy atom. The van der Waals surface area contributed by atoms with Crippen molar-refractivity contribution in [3.05, 3.63) is 35.4 Å². The van der Waals surface area contributed by atoms with Gasteiger partial charge in [-0.1, -0.05) is 42.7 Å². The van der Waals surface area contributed by atoms with E-state index in [0.29, 0.717) is 6.54 Å². The zero-order valence-corrected chi connectivity index (χ0v) is 14.5. The molecule has 2 saturated heterocycles. The molecule has 1 aromatic rings. The van der Waals surface area contributed by atoms with E-state index in [9.17, 15) is 14.7 Å². The SMILES string of the molecule is Cc1cccc(C2CCCCCN2C(=O)[C@@H]2OCCO[C@@H]2C(=O)O)c1. The smallest absolute Gasteiger partial charge is 0.336 e. The lowest BCUT2D eigenvalue weighted by Gasteiger charge is -2.36. The van der Waals surface area contributed by atoms with Crippen LogP contribution in [0.4, 0.5) is 0 Å². The third-order valence-corrected chi connectivity index (χ3v) is 4.90. The Balaban J connectivity index is 1.87. The summed E-state index contributed by atoms with van der Waals surface area (Å²) in [6.45, 7) is 3.08. The van der Waals surface area contributed by atoms with Crippen LogP contribution in [0.2, 0.25) is 0 Å². The lowest BCUT2D eigenvalue weighted by atomic mass is 9.98. The molecule has 1 amide bonds. The highest BCUT2D eigenvalue weighted by molar-refractivity contribution is 5.88. The van der Waals surface area contributed by atoms with Crippen LogP contribution in [0, 0.1) is 6.92 Å². The molecule has 6 nitrogen and oxygen atoms in total. The molecule has 0 saturated carbocycles. The number of aryl methyl sites for hydroxylation is 1. The van der Waals surface area contributed by atoms with Crippen molar-refractivity contribution in [3.63, 3.8) is 0 Å². The van der Waals surface area contributed by atoms with Crippen molar-refractivity contribution in [3.8, 4) is 0 Å². The van der Waals surface area contributed by atoms with Crippen LogP contribution in [0.1, 0.15) is 42.9 Å². The second-order valence-corrected chi connectivity index (χ2v) is 6.73. The molecule has 1 N–H and O–H groups in total. The van der Waals surface area contributed by atoms with E-state index in [-0.39, 0.29) is 25.2 Å². The van der Waals surface area contributed by atoms with Crippen LogP contribution >= 0.6 is 0 Å². The maximum absolute atomic E-state index is 13.1. The van der Waals surface area contributed by atoms with E-state index in [2.05, 4.69) is 6.07 Å². The number of carbonyl (C=O) groups excluding carboxylic acids is 1. The number of aliphatic carboxylic acids is 1. The van der Waals surface area contributed by atoms with Gasteiger partial charge < -0.3 is 19.5 Å². The van der Waals surface area contributed by atoms with Crippen molar-refractivity contribution in [1.29, 1.82) is 0 Å². The summed E-state index contributed by atoms with van der Waals surface area (Å²) >= 11 is 0. The van der Waals surface area contributed by atoms with Gasteiger partial charge >= 0.3 is 5.97 Å². The molecule has 0 bridgehead atoms. The molecule has 2 aliphatic heterocycles. The average molecular weight is 347 g/mol. The zero-order chi connectivity index (χ0) is 17.8. The van der Waals surface area contributed by atoms with E-state index in [4.69, 9.17) is 9.47 Å². The van der Waals surface area contributed by atoms with Gasteiger partial charge in [0.05, 0.1) is 19.3 Å². The van der Waals surface area contributed by atoms with Gasteiger partial charge in [-0.15, -0.1) is 0 Å². The van der Waals surface area contributed by atoms with Crippen LogP contribution < -0.4 is 0 Å². The summed E-state index contributed by atoms with van der Waals surface area (Å²) in [4.78, 5) is 26.4. The number of hydrogen-bond acceptors (Lipinski definition) is 4. The van der Waals surface area contributed by atoms with Gasteiger partial charge in [-0.05, 0) is 25.3 Å². The highest BCUT2D eigenvalue weighted by Crippen LogP contribution is 2.32. The Kier molecular flexibility index (Phi) is 5.71. The third-order valence-electron chi connectivity index (χ3n) is 4.90. The van der Waals surface area contributed by atoms with Crippen LogP contribution in [0.5, 0.6) is 0 Å². The van der Waals surface area contributed by atoms with Gasteiger partial charge in [-0.25, -0.2) is 4.79 Å². The monoisotopic (exact) mass is 347 g/mol. The van der Waals surface area contributed by atoms with Gasteiger partial charge in [0.25, 0.3) is 5.91 Å². The summed E-state index contributed by atoms with van der Waals surface area (Å²) in [5.74, 6) is -1.43. The molecule has 0 aromatic heterocycles. The summed E-state index contributed by atoms with van der Waals surface area (Å²) in [6.07, 6.45) is 1.60. The molecule has 2 aliphatic rings. The van der Waals surface area contributed by atoms with Crippen LogP contribution in [0.25, 0.3) is 0 Å². The van der Waals surface area contributed by atoms with Gasteiger partial charge in [-0.3, -0.25) is 4.79 Å². The lowest BCUT2D eigenvalue weighted by molar-refractivity contribution is -0.190. The molecule has 0 aliphatic carbocycles. The Bertz CT molecular complexity index is 632. The molecule has 2 fully saturated rings. The van der Waals surface area contributed by atoms with Crippen LogP contribution in [0.15, 0.2) is 24.3 Å². The molecular formula is C19H25NO5. The van der Waals surface area contributed by atoms with Gasteiger partial charge in [0.15, 0.2) is 12.2 Å². The second-order valence-electron chi connectivity index (χ2n) is 6.73. The first-order chi connectivity index (χ1) is 12.1. The van der Waals surface area contributed by atoms with Crippen molar-refractivity contribution in [2.24, 2.45) is 0 Å². The molecule has 136 valence electrons. The number of likely N-dealkylation sites (tertiary alicyclic amines) is 1. The lowest BCUT2D eigenvalue weighted by Crippen LogP contribution is -2.53. The number of nitrogens with zero attached hydrogens (tertiary/aromatic N) is 1. The van der Waals surface area contributed by atoms with E-state index in [1.165, 1.54) is 0 Å². The van der Waals surface area contributed by atoms with E-state index >= 15 is 0 Å². The van der Waals surface area contributed by atoms with E-state index in [1.807, 2.05) is 25.1 Å². The van der Waals surface area contributed by atoms with Crippen LogP contribution in [-0.2, 0) is 19.1 Å². The Morgan fingerprint density at radius 3 is 2.60 bits per heavy atom. The van der Waals surface area contributed by atoms with Crippen molar-refractivity contribution in [1.82, 2.24) is 4.90 Å².